The number of nitrogens with zero attached hydrogens (tertiary/aromatic N) is 1. The molecule has 0 fully saturated rings. The van der Waals surface area contributed by atoms with E-state index in [-0.39, 0.29) is 29.1 Å². The SMILES string of the molecule is O=[N+]([O-])c1cccc(S(=O)(=O)NCCc2ccc(F)cc2F)c1. The van der Waals surface area contributed by atoms with Crippen LogP contribution in [0.2, 0.25) is 0 Å². The summed E-state index contributed by atoms with van der Waals surface area (Å²) in [7, 11) is -3.96. The van der Waals surface area contributed by atoms with E-state index in [1.54, 1.807) is 0 Å². The molecule has 0 radical (unpaired) electrons. The minimum atomic E-state index is -3.96. The third-order valence-electron chi connectivity index (χ3n) is 3.04. The first kappa shape index (κ1) is 17.0. The lowest BCUT2D eigenvalue weighted by molar-refractivity contribution is -0.385. The highest BCUT2D eigenvalue weighted by Crippen LogP contribution is 2.17. The van der Waals surface area contributed by atoms with Crippen molar-refractivity contribution in [1.29, 1.82) is 0 Å². The van der Waals surface area contributed by atoms with Gasteiger partial charge in [0.25, 0.3) is 5.69 Å². The predicted molar refractivity (Wildman–Crippen MR) is 78.3 cm³/mol. The summed E-state index contributed by atoms with van der Waals surface area (Å²) in [6.07, 6.45) is 0.0142. The fourth-order valence-corrected chi connectivity index (χ4v) is 2.96. The zero-order valence-electron chi connectivity index (χ0n) is 11.7. The molecule has 0 aliphatic rings. The lowest BCUT2D eigenvalue weighted by atomic mass is 10.1. The van der Waals surface area contributed by atoms with Crippen LogP contribution in [0.25, 0.3) is 0 Å². The number of nitro groups is 1. The van der Waals surface area contributed by atoms with E-state index in [0.717, 1.165) is 12.1 Å². The average molecular weight is 342 g/mol. The van der Waals surface area contributed by atoms with Gasteiger partial charge in [0, 0.05) is 24.7 Å². The fourth-order valence-electron chi connectivity index (χ4n) is 1.89. The normalized spacial score (nSPS) is 11.4. The molecule has 2 rings (SSSR count). The maximum Gasteiger partial charge on any atom is 0.270 e. The van der Waals surface area contributed by atoms with Gasteiger partial charge in [-0.25, -0.2) is 21.9 Å². The largest absolute Gasteiger partial charge is 0.270 e. The Balaban J connectivity index is 2.07. The van der Waals surface area contributed by atoms with Crippen molar-refractivity contribution >= 4 is 15.7 Å². The lowest BCUT2D eigenvalue weighted by Crippen LogP contribution is -2.26. The van der Waals surface area contributed by atoms with Crippen molar-refractivity contribution in [2.45, 2.75) is 11.3 Å². The Hall–Kier alpha value is -2.39. The number of hydrogen-bond acceptors (Lipinski definition) is 4. The van der Waals surface area contributed by atoms with Crippen molar-refractivity contribution in [1.82, 2.24) is 4.72 Å². The number of halogens is 2. The van der Waals surface area contributed by atoms with Crippen molar-refractivity contribution in [3.63, 3.8) is 0 Å². The summed E-state index contributed by atoms with van der Waals surface area (Å²) in [6.45, 7) is -0.131. The van der Waals surface area contributed by atoms with Crippen LogP contribution in [0.5, 0.6) is 0 Å². The molecule has 9 heteroatoms. The molecule has 0 aliphatic carbocycles. The van der Waals surface area contributed by atoms with Crippen molar-refractivity contribution < 1.29 is 22.1 Å². The Kier molecular flexibility index (Phi) is 5.02. The molecule has 1 N–H and O–H groups in total. The molecular weight excluding hydrogens is 330 g/mol. The first-order valence-corrected chi connectivity index (χ1v) is 7.96. The van der Waals surface area contributed by atoms with Crippen LogP contribution in [0.4, 0.5) is 14.5 Å². The second-order valence-electron chi connectivity index (χ2n) is 4.64. The summed E-state index contributed by atoms with van der Waals surface area (Å²) in [4.78, 5) is 9.70. The average Bonchev–Trinajstić information content (AvgIpc) is 2.49. The molecule has 0 saturated carbocycles. The number of rotatable bonds is 6. The maximum atomic E-state index is 13.4. The number of nitrogens with one attached hydrogen (secondary N) is 1. The Morgan fingerprint density at radius 3 is 2.52 bits per heavy atom. The Labute approximate surface area is 131 Å². The van der Waals surface area contributed by atoms with Crippen molar-refractivity contribution in [3.8, 4) is 0 Å². The number of sulfonamides is 1. The van der Waals surface area contributed by atoms with Gasteiger partial charge < -0.3 is 0 Å². The fraction of sp³-hybridized carbons (Fsp3) is 0.143. The molecule has 122 valence electrons. The summed E-state index contributed by atoms with van der Waals surface area (Å²) in [6, 6.07) is 7.60. The summed E-state index contributed by atoms with van der Waals surface area (Å²) in [5.74, 6) is -1.48. The van der Waals surface area contributed by atoms with E-state index in [2.05, 4.69) is 4.72 Å². The molecular formula is C14H12F2N2O4S. The number of hydrogen-bond donors (Lipinski definition) is 1. The molecule has 0 aromatic heterocycles. The number of non-ortho nitro benzene ring substituents is 1. The number of benzene rings is 2. The van der Waals surface area contributed by atoms with E-state index in [1.807, 2.05) is 0 Å². The molecule has 0 heterocycles. The van der Waals surface area contributed by atoms with Gasteiger partial charge in [0.1, 0.15) is 11.6 Å². The minimum absolute atomic E-state index is 0.0142. The molecule has 23 heavy (non-hydrogen) atoms. The molecule has 0 atom stereocenters. The molecule has 2 aromatic carbocycles. The van der Waals surface area contributed by atoms with Crippen molar-refractivity contribution in [3.05, 3.63) is 69.8 Å². The second-order valence-corrected chi connectivity index (χ2v) is 6.40. The summed E-state index contributed by atoms with van der Waals surface area (Å²) < 4.78 is 52.5. The number of nitro benzene ring substituents is 1. The zero-order valence-corrected chi connectivity index (χ0v) is 12.5. The van der Waals surface area contributed by atoms with Crippen LogP contribution in [0.1, 0.15) is 5.56 Å². The molecule has 0 bridgehead atoms. The highest BCUT2D eigenvalue weighted by molar-refractivity contribution is 7.89. The van der Waals surface area contributed by atoms with Gasteiger partial charge in [-0.2, -0.15) is 0 Å². The van der Waals surface area contributed by atoms with Crippen LogP contribution >= 0.6 is 0 Å². The van der Waals surface area contributed by atoms with Gasteiger partial charge in [-0.1, -0.05) is 12.1 Å². The van der Waals surface area contributed by atoms with Crippen LogP contribution in [0.3, 0.4) is 0 Å². The predicted octanol–water partition coefficient (Wildman–Crippen LogP) is 2.39. The van der Waals surface area contributed by atoms with E-state index >= 15 is 0 Å². The van der Waals surface area contributed by atoms with Crippen molar-refractivity contribution in [2.24, 2.45) is 0 Å². The molecule has 0 saturated heterocycles. The van der Waals surface area contributed by atoms with Gasteiger partial charge in [0.05, 0.1) is 9.82 Å². The van der Waals surface area contributed by atoms with Crippen LogP contribution in [0.15, 0.2) is 47.4 Å². The second kappa shape index (κ2) is 6.80. The van der Waals surface area contributed by atoms with Gasteiger partial charge >= 0.3 is 0 Å². The summed E-state index contributed by atoms with van der Waals surface area (Å²) in [5.41, 5.74) is -0.189. The third kappa shape index (κ3) is 4.30. The van der Waals surface area contributed by atoms with Crippen LogP contribution in [-0.4, -0.2) is 19.9 Å². The van der Waals surface area contributed by atoms with Crippen LogP contribution < -0.4 is 4.72 Å². The summed E-state index contributed by atoms with van der Waals surface area (Å²) in [5, 5.41) is 10.7. The molecule has 0 unspecified atom stereocenters. The molecule has 0 aliphatic heterocycles. The first-order chi connectivity index (χ1) is 10.8. The topological polar surface area (TPSA) is 89.3 Å². The highest BCUT2D eigenvalue weighted by Gasteiger charge is 2.17. The van der Waals surface area contributed by atoms with E-state index in [1.165, 1.54) is 24.3 Å². The third-order valence-corrected chi connectivity index (χ3v) is 4.50. The van der Waals surface area contributed by atoms with Gasteiger partial charge in [0.2, 0.25) is 10.0 Å². The zero-order chi connectivity index (χ0) is 17.0. The first-order valence-electron chi connectivity index (χ1n) is 6.47. The Bertz CT molecular complexity index is 840. The van der Waals surface area contributed by atoms with Gasteiger partial charge in [-0.3, -0.25) is 10.1 Å². The highest BCUT2D eigenvalue weighted by atomic mass is 32.2. The van der Waals surface area contributed by atoms with E-state index < -0.39 is 26.6 Å². The van der Waals surface area contributed by atoms with Crippen LogP contribution in [-0.2, 0) is 16.4 Å². The van der Waals surface area contributed by atoms with Gasteiger partial charge in [-0.15, -0.1) is 0 Å². The smallest absolute Gasteiger partial charge is 0.258 e. The molecule has 0 spiro atoms. The quantitative estimate of drug-likeness (QED) is 0.645. The Morgan fingerprint density at radius 2 is 1.87 bits per heavy atom. The molecule has 2 aromatic rings. The monoisotopic (exact) mass is 342 g/mol. The minimum Gasteiger partial charge on any atom is -0.258 e. The van der Waals surface area contributed by atoms with Crippen molar-refractivity contribution in [2.75, 3.05) is 6.54 Å². The standard InChI is InChI=1S/C14H12F2N2O4S/c15-11-5-4-10(14(16)8-11)6-7-17-23(21,22)13-3-1-2-12(9-13)18(19)20/h1-5,8-9,17H,6-7H2. The molecule has 6 nitrogen and oxygen atoms in total. The Morgan fingerprint density at radius 1 is 1.13 bits per heavy atom. The van der Waals surface area contributed by atoms with Gasteiger partial charge in [-0.05, 0) is 24.1 Å². The molecule has 0 amide bonds. The van der Waals surface area contributed by atoms with E-state index in [4.69, 9.17) is 0 Å². The van der Waals surface area contributed by atoms with E-state index in [0.29, 0.717) is 6.07 Å². The van der Waals surface area contributed by atoms with E-state index in [9.17, 15) is 27.3 Å². The summed E-state index contributed by atoms with van der Waals surface area (Å²) >= 11 is 0. The maximum absolute atomic E-state index is 13.4. The lowest BCUT2D eigenvalue weighted by Gasteiger charge is -2.07. The van der Waals surface area contributed by atoms with Gasteiger partial charge in [0.15, 0.2) is 0 Å². The van der Waals surface area contributed by atoms with Crippen LogP contribution in [0, 0.1) is 21.7 Å².